The number of rotatable bonds is 6. The zero-order chi connectivity index (χ0) is 11.1. The summed E-state index contributed by atoms with van der Waals surface area (Å²) < 4.78 is 5.55. The van der Waals surface area contributed by atoms with Crippen molar-refractivity contribution in [2.24, 2.45) is 0 Å². The second-order valence-corrected chi connectivity index (χ2v) is 3.80. The second kappa shape index (κ2) is 6.25. The Bertz CT molecular complexity index is 303. The number of nitrogens with one attached hydrogen (secondary N) is 1. The molecule has 0 unspecified atom stereocenters. The van der Waals surface area contributed by atoms with Gasteiger partial charge in [-0.2, -0.15) is 0 Å². The van der Waals surface area contributed by atoms with Gasteiger partial charge in [-0.1, -0.05) is 29.8 Å². The fourth-order valence-corrected chi connectivity index (χ4v) is 1.18. The van der Waals surface area contributed by atoms with E-state index in [4.69, 9.17) is 4.74 Å². The van der Waals surface area contributed by atoms with Gasteiger partial charge in [0.15, 0.2) is 0 Å². The van der Waals surface area contributed by atoms with Gasteiger partial charge in [0.05, 0.1) is 0 Å². The summed E-state index contributed by atoms with van der Waals surface area (Å²) in [5.41, 5.74) is 2.40. The lowest BCUT2D eigenvalue weighted by Gasteiger charge is -2.07. The predicted molar refractivity (Wildman–Crippen MR) is 64.4 cm³/mol. The lowest BCUT2D eigenvalue weighted by Crippen LogP contribution is -2.22. The highest BCUT2D eigenvalue weighted by Gasteiger charge is 1.92. The van der Waals surface area contributed by atoms with Crippen LogP contribution in [0, 0.1) is 6.92 Å². The van der Waals surface area contributed by atoms with Crippen LogP contribution in [0.2, 0.25) is 0 Å². The molecule has 82 valence electrons. The van der Waals surface area contributed by atoms with Crippen LogP contribution in [0.5, 0.6) is 5.75 Å². The van der Waals surface area contributed by atoms with E-state index in [1.54, 1.807) is 0 Å². The van der Waals surface area contributed by atoms with Gasteiger partial charge in [0, 0.05) is 13.1 Å². The molecule has 0 saturated heterocycles. The molecule has 0 amide bonds. The van der Waals surface area contributed by atoms with E-state index in [2.05, 4.69) is 31.0 Å². The van der Waals surface area contributed by atoms with Crippen LogP contribution < -0.4 is 10.1 Å². The van der Waals surface area contributed by atoms with Crippen LogP contribution in [0.25, 0.3) is 0 Å². The van der Waals surface area contributed by atoms with Crippen molar-refractivity contribution in [1.29, 1.82) is 0 Å². The Morgan fingerprint density at radius 3 is 2.60 bits per heavy atom. The molecule has 0 heterocycles. The van der Waals surface area contributed by atoms with E-state index in [1.807, 2.05) is 19.1 Å². The van der Waals surface area contributed by atoms with Crippen molar-refractivity contribution in [3.63, 3.8) is 0 Å². The van der Waals surface area contributed by atoms with Crippen molar-refractivity contribution >= 4 is 0 Å². The summed E-state index contributed by atoms with van der Waals surface area (Å²) in [5, 5.41) is 3.24. The third-order valence-electron chi connectivity index (χ3n) is 2.00. The van der Waals surface area contributed by atoms with Crippen molar-refractivity contribution in [1.82, 2.24) is 5.32 Å². The Hall–Kier alpha value is -1.28. The van der Waals surface area contributed by atoms with Gasteiger partial charge >= 0.3 is 0 Å². The summed E-state index contributed by atoms with van der Waals surface area (Å²) in [7, 11) is 0. The van der Waals surface area contributed by atoms with E-state index < -0.39 is 0 Å². The van der Waals surface area contributed by atoms with Crippen molar-refractivity contribution < 1.29 is 4.74 Å². The molecule has 0 radical (unpaired) electrons. The van der Waals surface area contributed by atoms with Gasteiger partial charge in [0.2, 0.25) is 0 Å². The largest absolute Gasteiger partial charge is 0.492 e. The molecule has 0 aliphatic heterocycles. The fourth-order valence-electron chi connectivity index (χ4n) is 1.18. The van der Waals surface area contributed by atoms with Crippen LogP contribution in [0.3, 0.4) is 0 Å². The molecule has 0 aliphatic carbocycles. The molecule has 0 atom stereocenters. The molecular weight excluding hydrogens is 186 g/mol. The first-order valence-corrected chi connectivity index (χ1v) is 5.23. The Kier molecular flexibility index (Phi) is 4.91. The van der Waals surface area contributed by atoms with Gasteiger partial charge in [0.1, 0.15) is 12.4 Å². The molecule has 0 spiro atoms. The highest BCUT2D eigenvalue weighted by Crippen LogP contribution is 2.10. The quantitative estimate of drug-likeness (QED) is 0.569. The van der Waals surface area contributed by atoms with Crippen LogP contribution in [-0.4, -0.2) is 19.7 Å². The van der Waals surface area contributed by atoms with Gasteiger partial charge in [-0.15, -0.1) is 0 Å². The molecule has 0 bridgehead atoms. The monoisotopic (exact) mass is 205 g/mol. The molecule has 0 aromatic heterocycles. The Labute approximate surface area is 92.0 Å². The minimum atomic E-state index is 0.691. The molecule has 0 fully saturated rings. The lowest BCUT2D eigenvalue weighted by molar-refractivity contribution is 0.316. The minimum Gasteiger partial charge on any atom is -0.492 e. The normalized spacial score (nSPS) is 10.0. The van der Waals surface area contributed by atoms with Crippen molar-refractivity contribution in [2.45, 2.75) is 13.8 Å². The molecule has 1 N–H and O–H groups in total. The molecular formula is C13H19NO. The fraction of sp³-hybridized carbons (Fsp3) is 0.385. The van der Waals surface area contributed by atoms with Crippen LogP contribution in [-0.2, 0) is 0 Å². The molecule has 2 heteroatoms. The first kappa shape index (κ1) is 11.8. The smallest absolute Gasteiger partial charge is 0.119 e. The Morgan fingerprint density at radius 2 is 2.00 bits per heavy atom. The zero-order valence-electron chi connectivity index (χ0n) is 9.55. The molecule has 1 aromatic carbocycles. The van der Waals surface area contributed by atoms with Gasteiger partial charge < -0.3 is 10.1 Å². The average molecular weight is 205 g/mol. The van der Waals surface area contributed by atoms with Gasteiger partial charge in [-0.3, -0.25) is 0 Å². The average Bonchev–Trinajstić information content (AvgIpc) is 2.20. The van der Waals surface area contributed by atoms with E-state index in [0.717, 1.165) is 24.4 Å². The predicted octanol–water partition coefficient (Wildman–Crippen LogP) is 2.54. The summed E-state index contributed by atoms with van der Waals surface area (Å²) in [5.74, 6) is 0.928. The zero-order valence-corrected chi connectivity index (χ0v) is 9.55. The minimum absolute atomic E-state index is 0.691. The lowest BCUT2D eigenvalue weighted by atomic mass is 10.2. The highest BCUT2D eigenvalue weighted by atomic mass is 16.5. The van der Waals surface area contributed by atoms with Crippen LogP contribution in [0.4, 0.5) is 0 Å². The first-order chi connectivity index (χ1) is 7.18. The van der Waals surface area contributed by atoms with E-state index in [-0.39, 0.29) is 0 Å². The van der Waals surface area contributed by atoms with Crippen molar-refractivity contribution in [2.75, 3.05) is 19.7 Å². The molecule has 1 aromatic rings. The van der Waals surface area contributed by atoms with Gasteiger partial charge in [-0.05, 0) is 26.0 Å². The van der Waals surface area contributed by atoms with Crippen molar-refractivity contribution in [3.8, 4) is 5.75 Å². The van der Waals surface area contributed by atoms with Crippen molar-refractivity contribution in [3.05, 3.63) is 42.0 Å². The van der Waals surface area contributed by atoms with Gasteiger partial charge in [-0.25, -0.2) is 0 Å². The topological polar surface area (TPSA) is 21.3 Å². The second-order valence-electron chi connectivity index (χ2n) is 3.80. The van der Waals surface area contributed by atoms with Crippen LogP contribution in [0.1, 0.15) is 12.5 Å². The summed E-state index contributed by atoms with van der Waals surface area (Å²) >= 11 is 0. The van der Waals surface area contributed by atoms with E-state index in [0.29, 0.717) is 6.61 Å². The third kappa shape index (κ3) is 5.23. The maximum atomic E-state index is 5.55. The molecule has 0 saturated carbocycles. The maximum Gasteiger partial charge on any atom is 0.119 e. The number of hydrogen-bond acceptors (Lipinski definition) is 2. The molecule has 0 aliphatic rings. The maximum absolute atomic E-state index is 5.55. The summed E-state index contributed by atoms with van der Waals surface area (Å²) in [4.78, 5) is 0. The summed E-state index contributed by atoms with van der Waals surface area (Å²) in [6, 6.07) is 8.09. The number of benzene rings is 1. The standard InChI is InChI=1S/C13H19NO/c1-11(2)10-14-8-9-15-13-6-4-12(3)5-7-13/h4-7,14H,1,8-10H2,2-3H3. The third-order valence-corrected chi connectivity index (χ3v) is 2.00. The van der Waals surface area contributed by atoms with Crippen LogP contribution >= 0.6 is 0 Å². The number of hydrogen-bond donors (Lipinski definition) is 1. The summed E-state index contributed by atoms with van der Waals surface area (Å²) in [6.45, 7) is 10.3. The van der Waals surface area contributed by atoms with E-state index in [1.165, 1.54) is 5.56 Å². The summed E-state index contributed by atoms with van der Waals surface area (Å²) in [6.07, 6.45) is 0. The molecule has 1 rings (SSSR count). The van der Waals surface area contributed by atoms with Crippen LogP contribution in [0.15, 0.2) is 36.4 Å². The molecule has 2 nitrogen and oxygen atoms in total. The number of aryl methyl sites for hydroxylation is 1. The SMILES string of the molecule is C=C(C)CNCCOc1ccc(C)cc1. The van der Waals surface area contributed by atoms with E-state index in [9.17, 15) is 0 Å². The van der Waals surface area contributed by atoms with E-state index >= 15 is 0 Å². The van der Waals surface area contributed by atoms with Gasteiger partial charge in [0.25, 0.3) is 0 Å². The number of ether oxygens (including phenoxy) is 1. The first-order valence-electron chi connectivity index (χ1n) is 5.23. The Morgan fingerprint density at radius 1 is 1.33 bits per heavy atom. The Balaban J connectivity index is 2.15. The molecule has 15 heavy (non-hydrogen) atoms. The highest BCUT2D eigenvalue weighted by molar-refractivity contribution is 5.26.